The van der Waals surface area contributed by atoms with Gasteiger partial charge in [-0.3, -0.25) is 9.59 Å². The standard InChI is InChI=1S/C33H34N2O2S/c1-22-11-12-23(2)27(19-22)21-35-29-9-5-6-10-30(29)38-31(33(35)37)20-24-13-15-26(16-14-24)32(36)34-18-17-25-7-3-4-8-28(25)34/h3-4,7-8,11-16,19-20,29-30H,5-6,9-10,17-18,21H2,1-2H3/b31-20-. The highest BCUT2D eigenvalue weighted by molar-refractivity contribution is 8.04. The second-order valence-electron chi connectivity index (χ2n) is 10.8. The first kappa shape index (κ1) is 25.0. The molecule has 4 nitrogen and oxygen atoms in total. The van der Waals surface area contributed by atoms with Crippen molar-refractivity contribution in [1.82, 2.24) is 4.90 Å². The van der Waals surface area contributed by atoms with Gasteiger partial charge in [0.25, 0.3) is 11.8 Å². The van der Waals surface area contributed by atoms with Crippen molar-refractivity contribution in [2.75, 3.05) is 11.4 Å². The van der Waals surface area contributed by atoms with Gasteiger partial charge in [0, 0.05) is 35.6 Å². The van der Waals surface area contributed by atoms with E-state index < -0.39 is 0 Å². The number of carbonyl (C=O) groups excluding carboxylic acids is 2. The highest BCUT2D eigenvalue weighted by Gasteiger charge is 2.40. The first-order valence-electron chi connectivity index (χ1n) is 13.7. The molecule has 2 fully saturated rings. The third-order valence-electron chi connectivity index (χ3n) is 8.25. The van der Waals surface area contributed by atoms with Crippen molar-refractivity contribution < 1.29 is 9.59 Å². The summed E-state index contributed by atoms with van der Waals surface area (Å²) in [5, 5.41) is 0.439. The van der Waals surface area contributed by atoms with Gasteiger partial charge in [0.15, 0.2) is 0 Å². The Bertz CT molecular complexity index is 1410. The minimum Gasteiger partial charge on any atom is -0.330 e. The highest BCUT2D eigenvalue weighted by atomic mass is 32.2. The molecule has 3 aliphatic rings. The lowest BCUT2D eigenvalue weighted by Gasteiger charge is -2.44. The third-order valence-corrected chi connectivity index (χ3v) is 9.65. The smallest absolute Gasteiger partial charge is 0.260 e. The van der Waals surface area contributed by atoms with Gasteiger partial charge in [0.2, 0.25) is 0 Å². The molecule has 0 spiro atoms. The molecule has 3 aromatic carbocycles. The minimum absolute atomic E-state index is 0.0296. The Balaban J connectivity index is 1.24. The van der Waals surface area contributed by atoms with Crippen molar-refractivity contribution in [3.63, 3.8) is 0 Å². The number of carbonyl (C=O) groups is 2. The zero-order chi connectivity index (χ0) is 26.2. The Labute approximate surface area is 229 Å². The summed E-state index contributed by atoms with van der Waals surface area (Å²) in [6, 6.07) is 22.7. The molecule has 0 radical (unpaired) electrons. The molecule has 2 unspecified atom stereocenters. The number of hydrogen-bond acceptors (Lipinski definition) is 3. The van der Waals surface area contributed by atoms with Gasteiger partial charge in [-0.05, 0) is 79.6 Å². The molecule has 38 heavy (non-hydrogen) atoms. The van der Waals surface area contributed by atoms with Crippen LogP contribution in [0.4, 0.5) is 5.69 Å². The monoisotopic (exact) mass is 522 g/mol. The number of anilines is 1. The maximum absolute atomic E-state index is 13.8. The molecule has 6 rings (SSSR count). The maximum atomic E-state index is 13.8. The van der Waals surface area contributed by atoms with E-state index in [2.05, 4.69) is 43.0 Å². The number of para-hydroxylation sites is 1. The van der Waals surface area contributed by atoms with Crippen molar-refractivity contribution in [2.45, 2.75) is 63.8 Å². The summed E-state index contributed by atoms with van der Waals surface area (Å²) in [6.07, 6.45) is 7.56. The van der Waals surface area contributed by atoms with Crippen LogP contribution in [0.25, 0.3) is 6.08 Å². The zero-order valence-corrected chi connectivity index (χ0v) is 23.0. The van der Waals surface area contributed by atoms with Gasteiger partial charge in [0.05, 0.1) is 4.91 Å². The van der Waals surface area contributed by atoms with Crippen molar-refractivity contribution >= 4 is 35.3 Å². The van der Waals surface area contributed by atoms with Gasteiger partial charge in [0.1, 0.15) is 0 Å². The van der Waals surface area contributed by atoms with Crippen LogP contribution in [0.15, 0.2) is 71.6 Å². The van der Waals surface area contributed by atoms with E-state index in [4.69, 9.17) is 0 Å². The first-order chi connectivity index (χ1) is 18.5. The van der Waals surface area contributed by atoms with Gasteiger partial charge in [-0.25, -0.2) is 0 Å². The summed E-state index contributed by atoms with van der Waals surface area (Å²) < 4.78 is 0. The molecule has 2 heterocycles. The molecule has 2 atom stereocenters. The van der Waals surface area contributed by atoms with E-state index in [0.29, 0.717) is 29.9 Å². The van der Waals surface area contributed by atoms with E-state index in [-0.39, 0.29) is 11.8 Å². The molecular weight excluding hydrogens is 488 g/mol. The highest BCUT2D eigenvalue weighted by Crippen LogP contribution is 2.43. The summed E-state index contributed by atoms with van der Waals surface area (Å²) in [5.74, 6) is 0.162. The van der Waals surface area contributed by atoms with Crippen molar-refractivity contribution in [2.24, 2.45) is 0 Å². The van der Waals surface area contributed by atoms with Crippen LogP contribution < -0.4 is 4.90 Å². The Morgan fingerprint density at radius 2 is 1.79 bits per heavy atom. The molecule has 5 heteroatoms. The van der Waals surface area contributed by atoms with E-state index in [1.165, 1.54) is 35.1 Å². The lowest BCUT2D eigenvalue weighted by atomic mass is 9.92. The van der Waals surface area contributed by atoms with Gasteiger partial charge in [-0.15, -0.1) is 11.8 Å². The lowest BCUT2D eigenvalue weighted by Crippen LogP contribution is -2.50. The zero-order valence-electron chi connectivity index (χ0n) is 22.2. The Morgan fingerprint density at radius 1 is 1.00 bits per heavy atom. The number of nitrogens with zero attached hydrogens (tertiary/aromatic N) is 2. The summed E-state index contributed by atoms with van der Waals surface area (Å²) in [5.41, 5.74) is 7.57. The van der Waals surface area contributed by atoms with E-state index in [9.17, 15) is 9.59 Å². The largest absolute Gasteiger partial charge is 0.330 e. The maximum Gasteiger partial charge on any atom is 0.260 e. The van der Waals surface area contributed by atoms with E-state index >= 15 is 0 Å². The average Bonchev–Trinajstić information content (AvgIpc) is 3.37. The Morgan fingerprint density at radius 3 is 2.63 bits per heavy atom. The molecule has 0 aromatic heterocycles. The van der Waals surface area contributed by atoms with Crippen LogP contribution in [-0.2, 0) is 17.8 Å². The molecular formula is C33H34N2O2S. The Kier molecular flexibility index (Phi) is 6.87. The first-order valence-corrected chi connectivity index (χ1v) is 14.6. The molecule has 3 aromatic rings. The van der Waals surface area contributed by atoms with Crippen molar-refractivity contribution in [1.29, 1.82) is 0 Å². The predicted octanol–water partition coefficient (Wildman–Crippen LogP) is 6.93. The molecule has 194 valence electrons. The fourth-order valence-corrected chi connectivity index (χ4v) is 7.57. The topological polar surface area (TPSA) is 40.6 Å². The van der Waals surface area contributed by atoms with Crippen molar-refractivity contribution in [3.8, 4) is 0 Å². The van der Waals surface area contributed by atoms with Crippen molar-refractivity contribution in [3.05, 3.63) is 105 Å². The number of hydrogen-bond donors (Lipinski definition) is 0. The van der Waals surface area contributed by atoms with Crippen LogP contribution in [0.5, 0.6) is 0 Å². The molecule has 1 aliphatic carbocycles. The minimum atomic E-state index is 0.0296. The van der Waals surface area contributed by atoms with Crippen LogP contribution in [-0.4, -0.2) is 34.6 Å². The van der Waals surface area contributed by atoms with E-state index in [0.717, 1.165) is 35.4 Å². The van der Waals surface area contributed by atoms with Crippen LogP contribution in [0.1, 0.15) is 63.9 Å². The fourth-order valence-electron chi connectivity index (χ4n) is 6.09. The summed E-state index contributed by atoms with van der Waals surface area (Å²) in [4.78, 5) is 31.9. The number of benzene rings is 3. The predicted molar refractivity (Wildman–Crippen MR) is 156 cm³/mol. The number of amides is 2. The SMILES string of the molecule is Cc1ccc(C)c(CN2C(=O)/C(=C/c3ccc(C(=O)N4CCc5ccccc54)cc3)SC3CCCCC32)c1. The second kappa shape index (κ2) is 10.5. The van der Waals surface area contributed by atoms with Gasteiger partial charge in [-0.2, -0.15) is 0 Å². The summed E-state index contributed by atoms with van der Waals surface area (Å²) in [7, 11) is 0. The van der Waals surface area contributed by atoms with Gasteiger partial charge in [-0.1, -0.05) is 66.9 Å². The molecule has 1 saturated carbocycles. The van der Waals surface area contributed by atoms with Crippen LogP contribution in [0, 0.1) is 13.8 Å². The molecule has 0 bridgehead atoms. The molecule has 0 N–H and O–H groups in total. The average molecular weight is 523 g/mol. The van der Waals surface area contributed by atoms with Crippen LogP contribution in [0.2, 0.25) is 0 Å². The summed E-state index contributed by atoms with van der Waals surface area (Å²) in [6.45, 7) is 5.63. The normalized spacial score (nSPS) is 21.9. The number of rotatable bonds is 4. The molecule has 2 amide bonds. The van der Waals surface area contributed by atoms with Gasteiger partial charge >= 0.3 is 0 Å². The third kappa shape index (κ3) is 4.80. The fraction of sp³-hybridized carbons (Fsp3) is 0.333. The number of aryl methyl sites for hydroxylation is 2. The number of fused-ring (bicyclic) bond motifs is 2. The second-order valence-corrected chi connectivity index (χ2v) is 12.1. The summed E-state index contributed by atoms with van der Waals surface area (Å²) >= 11 is 1.76. The van der Waals surface area contributed by atoms with Gasteiger partial charge < -0.3 is 9.80 Å². The number of thioether (sulfide) groups is 1. The van der Waals surface area contributed by atoms with Crippen LogP contribution >= 0.6 is 11.8 Å². The lowest BCUT2D eigenvalue weighted by molar-refractivity contribution is -0.130. The van der Waals surface area contributed by atoms with E-state index in [1.807, 2.05) is 53.4 Å². The van der Waals surface area contributed by atoms with Crippen LogP contribution in [0.3, 0.4) is 0 Å². The quantitative estimate of drug-likeness (QED) is 0.349. The Hall–Kier alpha value is -3.31. The molecule has 2 aliphatic heterocycles. The molecule has 1 saturated heterocycles. The van der Waals surface area contributed by atoms with E-state index in [1.54, 1.807) is 11.8 Å².